The molecular weight excluding hydrogens is 256 g/mol. The molecule has 0 aromatic heterocycles. The summed E-state index contributed by atoms with van der Waals surface area (Å²) >= 11 is 0. The van der Waals surface area contributed by atoms with Crippen molar-refractivity contribution in [3.63, 3.8) is 0 Å². The lowest BCUT2D eigenvalue weighted by Gasteiger charge is -2.64. The van der Waals surface area contributed by atoms with Crippen LogP contribution in [0.5, 0.6) is 0 Å². The Morgan fingerprint density at radius 2 is 1.71 bits per heavy atom. The lowest BCUT2D eigenvalue weighted by Crippen LogP contribution is -2.55. The molecular formula is C20H34O. The third-order valence-electron chi connectivity index (χ3n) is 8.81. The Morgan fingerprint density at radius 3 is 2.48 bits per heavy atom. The summed E-state index contributed by atoms with van der Waals surface area (Å²) in [6, 6.07) is 0. The Bertz CT molecular complexity index is 428. The first kappa shape index (κ1) is 14.5. The van der Waals surface area contributed by atoms with Gasteiger partial charge in [-0.2, -0.15) is 0 Å². The van der Waals surface area contributed by atoms with Crippen LogP contribution in [0.15, 0.2) is 0 Å². The molecule has 2 bridgehead atoms. The van der Waals surface area contributed by atoms with Gasteiger partial charge in [-0.25, -0.2) is 0 Å². The van der Waals surface area contributed by atoms with Crippen molar-refractivity contribution < 1.29 is 5.11 Å². The molecule has 4 aliphatic carbocycles. The second-order valence-electron chi connectivity index (χ2n) is 10.0. The van der Waals surface area contributed by atoms with Crippen molar-refractivity contribution in [3.05, 3.63) is 0 Å². The fourth-order valence-electron chi connectivity index (χ4n) is 8.13. The first-order valence-corrected chi connectivity index (χ1v) is 9.52. The van der Waals surface area contributed by atoms with Gasteiger partial charge in [-0.1, -0.05) is 27.2 Å². The molecule has 120 valence electrons. The number of hydrogen-bond donors (Lipinski definition) is 1. The Morgan fingerprint density at radius 1 is 0.905 bits per heavy atom. The number of rotatable bonds is 1. The average Bonchev–Trinajstić information content (AvgIpc) is 2.68. The van der Waals surface area contributed by atoms with Gasteiger partial charge < -0.3 is 5.11 Å². The quantitative estimate of drug-likeness (QED) is 0.718. The van der Waals surface area contributed by atoms with Gasteiger partial charge in [0.15, 0.2) is 0 Å². The second-order valence-corrected chi connectivity index (χ2v) is 10.0. The minimum Gasteiger partial charge on any atom is -0.396 e. The van der Waals surface area contributed by atoms with Crippen molar-refractivity contribution in [1.29, 1.82) is 0 Å². The molecule has 0 radical (unpaired) electrons. The fourth-order valence-corrected chi connectivity index (χ4v) is 8.13. The molecule has 0 saturated heterocycles. The Hall–Kier alpha value is -0.0400. The van der Waals surface area contributed by atoms with Crippen molar-refractivity contribution in [2.24, 2.45) is 39.9 Å². The third kappa shape index (κ3) is 1.85. The summed E-state index contributed by atoms with van der Waals surface area (Å²) in [5.74, 6) is 3.38. The summed E-state index contributed by atoms with van der Waals surface area (Å²) in [6.45, 7) is 8.20. The van der Waals surface area contributed by atoms with E-state index in [2.05, 4.69) is 20.8 Å². The van der Waals surface area contributed by atoms with Crippen molar-refractivity contribution in [2.75, 3.05) is 6.61 Å². The highest BCUT2D eigenvalue weighted by Crippen LogP contribution is 2.72. The van der Waals surface area contributed by atoms with Crippen LogP contribution in [0.4, 0.5) is 0 Å². The van der Waals surface area contributed by atoms with E-state index < -0.39 is 0 Å². The van der Waals surface area contributed by atoms with E-state index in [9.17, 15) is 5.11 Å². The van der Waals surface area contributed by atoms with Gasteiger partial charge in [-0.3, -0.25) is 0 Å². The van der Waals surface area contributed by atoms with Crippen molar-refractivity contribution in [3.8, 4) is 0 Å². The largest absolute Gasteiger partial charge is 0.396 e. The summed E-state index contributed by atoms with van der Waals surface area (Å²) in [7, 11) is 0. The summed E-state index contributed by atoms with van der Waals surface area (Å²) in [5, 5.41) is 9.78. The standard InChI is InChI=1S/C20H34O/c1-18(2)8-4-9-19(3)16(18)7-10-20-11-14(5-6-17(19)20)15(12-20)13-21/h14-17,21H,4-13H2,1-3H3/t14-,15?,16-,17+,19-,20+/m1/s1. The maximum Gasteiger partial charge on any atom is 0.0462 e. The van der Waals surface area contributed by atoms with E-state index in [-0.39, 0.29) is 0 Å². The maximum absolute atomic E-state index is 9.78. The van der Waals surface area contributed by atoms with E-state index in [4.69, 9.17) is 0 Å². The smallest absolute Gasteiger partial charge is 0.0462 e. The molecule has 0 aromatic carbocycles. The molecule has 6 atom stereocenters. The Balaban J connectivity index is 1.70. The molecule has 4 fully saturated rings. The highest BCUT2D eigenvalue weighted by atomic mass is 16.3. The van der Waals surface area contributed by atoms with Crippen LogP contribution >= 0.6 is 0 Å². The highest BCUT2D eigenvalue weighted by Gasteiger charge is 2.63. The number of aliphatic hydroxyl groups is 1. The van der Waals surface area contributed by atoms with Crippen LogP contribution in [0.2, 0.25) is 0 Å². The van der Waals surface area contributed by atoms with E-state index >= 15 is 0 Å². The van der Waals surface area contributed by atoms with Crippen LogP contribution in [-0.2, 0) is 0 Å². The predicted molar refractivity (Wildman–Crippen MR) is 86.9 cm³/mol. The zero-order valence-electron chi connectivity index (χ0n) is 14.3. The van der Waals surface area contributed by atoms with Crippen LogP contribution in [0.3, 0.4) is 0 Å². The molecule has 4 aliphatic rings. The topological polar surface area (TPSA) is 20.2 Å². The van der Waals surface area contributed by atoms with E-state index in [0.29, 0.717) is 28.8 Å². The van der Waals surface area contributed by atoms with Crippen LogP contribution < -0.4 is 0 Å². The van der Waals surface area contributed by atoms with E-state index in [1.54, 1.807) is 0 Å². The molecule has 1 unspecified atom stereocenters. The van der Waals surface area contributed by atoms with Gasteiger partial charge >= 0.3 is 0 Å². The molecule has 1 spiro atoms. The predicted octanol–water partition coefficient (Wildman–Crippen LogP) is 5.03. The minimum absolute atomic E-state index is 0.449. The van der Waals surface area contributed by atoms with Gasteiger partial charge in [0.25, 0.3) is 0 Å². The first-order valence-electron chi connectivity index (χ1n) is 9.52. The van der Waals surface area contributed by atoms with Gasteiger partial charge in [-0.15, -0.1) is 0 Å². The molecule has 1 N–H and O–H groups in total. The lowest BCUT2D eigenvalue weighted by molar-refractivity contribution is -0.144. The van der Waals surface area contributed by atoms with Gasteiger partial charge in [0, 0.05) is 6.61 Å². The van der Waals surface area contributed by atoms with Crippen LogP contribution in [0, 0.1) is 39.9 Å². The molecule has 0 aromatic rings. The Labute approximate surface area is 130 Å². The zero-order chi connectivity index (χ0) is 14.9. The number of aliphatic hydroxyl groups excluding tert-OH is 1. The Kier molecular flexibility index (Phi) is 3.11. The first-order chi connectivity index (χ1) is 9.91. The average molecular weight is 290 g/mol. The molecule has 4 rings (SSSR count). The second kappa shape index (κ2) is 4.49. The monoisotopic (exact) mass is 290 g/mol. The third-order valence-corrected chi connectivity index (χ3v) is 8.81. The lowest BCUT2D eigenvalue weighted by atomic mass is 9.41. The maximum atomic E-state index is 9.78. The van der Waals surface area contributed by atoms with Crippen molar-refractivity contribution in [2.45, 2.75) is 78.6 Å². The minimum atomic E-state index is 0.449. The van der Waals surface area contributed by atoms with Crippen molar-refractivity contribution >= 4 is 0 Å². The summed E-state index contributed by atoms with van der Waals surface area (Å²) in [4.78, 5) is 0. The SMILES string of the molecule is CC1(C)CCC[C@]2(C)[C@@H]1CC[C@]13CC(CO)[C@H](CC[C@H]12)C3. The molecule has 21 heavy (non-hydrogen) atoms. The molecule has 1 nitrogen and oxygen atoms in total. The highest BCUT2D eigenvalue weighted by molar-refractivity contribution is 5.13. The van der Waals surface area contributed by atoms with E-state index in [0.717, 1.165) is 17.8 Å². The summed E-state index contributed by atoms with van der Waals surface area (Å²) in [5.41, 5.74) is 1.77. The van der Waals surface area contributed by atoms with E-state index in [1.165, 1.54) is 57.8 Å². The molecule has 0 aliphatic heterocycles. The molecule has 1 heteroatoms. The van der Waals surface area contributed by atoms with Crippen LogP contribution in [0.25, 0.3) is 0 Å². The number of fused-ring (bicyclic) bond motifs is 3. The summed E-state index contributed by atoms with van der Waals surface area (Å²) < 4.78 is 0. The van der Waals surface area contributed by atoms with Crippen molar-refractivity contribution in [1.82, 2.24) is 0 Å². The van der Waals surface area contributed by atoms with Gasteiger partial charge in [0.1, 0.15) is 0 Å². The van der Waals surface area contributed by atoms with E-state index in [1.807, 2.05) is 0 Å². The van der Waals surface area contributed by atoms with Gasteiger partial charge in [0.05, 0.1) is 0 Å². The van der Waals surface area contributed by atoms with Crippen LogP contribution in [-0.4, -0.2) is 11.7 Å². The fraction of sp³-hybridized carbons (Fsp3) is 1.00. The van der Waals surface area contributed by atoms with Crippen LogP contribution in [0.1, 0.15) is 78.6 Å². The zero-order valence-corrected chi connectivity index (χ0v) is 14.3. The van der Waals surface area contributed by atoms with Gasteiger partial charge in [-0.05, 0) is 91.3 Å². The molecule has 4 saturated carbocycles. The molecule has 0 amide bonds. The summed E-state index contributed by atoms with van der Waals surface area (Å²) in [6.07, 6.45) is 13.0. The number of hydrogen-bond acceptors (Lipinski definition) is 1. The van der Waals surface area contributed by atoms with Gasteiger partial charge in [0.2, 0.25) is 0 Å². The molecule has 0 heterocycles. The normalized spacial score (nSPS) is 54.9.